The number of carbonyl (C=O) groups is 1. The first-order valence-electron chi connectivity index (χ1n) is 7.77. The van der Waals surface area contributed by atoms with Crippen LogP contribution in [0.15, 0.2) is 30.3 Å². The summed E-state index contributed by atoms with van der Waals surface area (Å²) in [5, 5.41) is 3.18. The Morgan fingerprint density at radius 2 is 1.86 bits per heavy atom. The zero-order valence-corrected chi connectivity index (χ0v) is 13.6. The topological polar surface area (TPSA) is 55.1 Å². The van der Waals surface area contributed by atoms with Crippen molar-refractivity contribution in [3.8, 4) is 0 Å². The average Bonchev–Trinajstić information content (AvgIpc) is 2.50. The molecule has 0 radical (unpaired) electrons. The van der Waals surface area contributed by atoms with Crippen LogP contribution < -0.4 is 11.1 Å². The fraction of sp³-hybridized carbons (Fsp3) is 0.588. The second-order valence-electron chi connectivity index (χ2n) is 5.89. The highest BCUT2D eigenvalue weighted by molar-refractivity contribution is 5.85. The van der Waals surface area contributed by atoms with Gasteiger partial charge in [-0.3, -0.25) is 4.79 Å². The fourth-order valence-corrected chi connectivity index (χ4v) is 3.16. The lowest BCUT2D eigenvalue weighted by Crippen LogP contribution is -2.42. The van der Waals surface area contributed by atoms with Gasteiger partial charge in [0.1, 0.15) is 0 Å². The second kappa shape index (κ2) is 9.06. The summed E-state index contributed by atoms with van der Waals surface area (Å²) in [7, 11) is 0. The third-order valence-corrected chi connectivity index (χ3v) is 4.48. The van der Waals surface area contributed by atoms with Gasteiger partial charge < -0.3 is 11.1 Å². The van der Waals surface area contributed by atoms with E-state index >= 15 is 0 Å². The standard InChI is InChI=1S/C17H26N2O.ClH/c1-13(14-8-4-2-5-9-14)19-17(20)16(12-18)15-10-6-3-7-11-15;/h3,6-7,10-11,13-14,16H,2,4-5,8-9,12,18H2,1H3,(H,19,20);1H. The quantitative estimate of drug-likeness (QED) is 0.877. The van der Waals surface area contributed by atoms with E-state index < -0.39 is 0 Å². The molecular weight excluding hydrogens is 284 g/mol. The zero-order chi connectivity index (χ0) is 14.4. The van der Waals surface area contributed by atoms with Gasteiger partial charge in [-0.1, -0.05) is 49.6 Å². The SMILES string of the molecule is CC(NC(=O)C(CN)c1ccccc1)C1CCCCC1.Cl. The van der Waals surface area contributed by atoms with Gasteiger partial charge in [-0.2, -0.15) is 0 Å². The second-order valence-corrected chi connectivity index (χ2v) is 5.89. The Bertz CT molecular complexity index is 418. The average molecular weight is 311 g/mol. The lowest BCUT2D eigenvalue weighted by Gasteiger charge is -2.29. The van der Waals surface area contributed by atoms with Gasteiger partial charge in [0.05, 0.1) is 5.92 Å². The highest BCUT2D eigenvalue weighted by Crippen LogP contribution is 2.26. The van der Waals surface area contributed by atoms with Crippen LogP contribution in [0, 0.1) is 5.92 Å². The van der Waals surface area contributed by atoms with Gasteiger partial charge in [-0.05, 0) is 31.2 Å². The Morgan fingerprint density at radius 1 is 1.24 bits per heavy atom. The maximum Gasteiger partial charge on any atom is 0.229 e. The minimum absolute atomic E-state index is 0. The highest BCUT2D eigenvalue weighted by atomic mass is 35.5. The number of benzene rings is 1. The molecule has 0 aliphatic heterocycles. The van der Waals surface area contributed by atoms with Crippen molar-refractivity contribution < 1.29 is 4.79 Å². The molecule has 0 heterocycles. The van der Waals surface area contributed by atoms with Crippen molar-refractivity contribution in [2.45, 2.75) is 51.0 Å². The smallest absolute Gasteiger partial charge is 0.229 e. The molecule has 1 aromatic rings. The van der Waals surface area contributed by atoms with Crippen LogP contribution in [0.2, 0.25) is 0 Å². The van der Waals surface area contributed by atoms with Crippen LogP contribution in [-0.2, 0) is 4.79 Å². The number of carbonyl (C=O) groups excluding carboxylic acids is 1. The van der Waals surface area contributed by atoms with Crippen molar-refractivity contribution in [1.82, 2.24) is 5.32 Å². The predicted molar refractivity (Wildman–Crippen MR) is 89.7 cm³/mol. The highest BCUT2D eigenvalue weighted by Gasteiger charge is 2.25. The number of hydrogen-bond acceptors (Lipinski definition) is 2. The third kappa shape index (κ3) is 5.01. The molecule has 118 valence electrons. The van der Waals surface area contributed by atoms with E-state index in [-0.39, 0.29) is 30.3 Å². The van der Waals surface area contributed by atoms with Crippen molar-refractivity contribution in [2.75, 3.05) is 6.54 Å². The molecule has 3 nitrogen and oxygen atoms in total. The maximum absolute atomic E-state index is 12.4. The molecule has 1 aromatic carbocycles. The van der Waals surface area contributed by atoms with Crippen LogP contribution in [0.5, 0.6) is 0 Å². The summed E-state index contributed by atoms with van der Waals surface area (Å²) in [5.41, 5.74) is 6.80. The molecule has 2 unspecified atom stereocenters. The van der Waals surface area contributed by atoms with Crippen LogP contribution >= 0.6 is 12.4 Å². The zero-order valence-electron chi connectivity index (χ0n) is 12.8. The summed E-state index contributed by atoms with van der Waals surface area (Å²) in [5.74, 6) is 0.459. The molecule has 1 amide bonds. The van der Waals surface area contributed by atoms with Crippen molar-refractivity contribution in [3.05, 3.63) is 35.9 Å². The van der Waals surface area contributed by atoms with Gasteiger partial charge in [0.15, 0.2) is 0 Å². The molecule has 1 aliphatic carbocycles. The maximum atomic E-state index is 12.4. The van der Waals surface area contributed by atoms with Gasteiger partial charge in [0.25, 0.3) is 0 Å². The Labute approximate surface area is 134 Å². The molecule has 0 bridgehead atoms. The van der Waals surface area contributed by atoms with Crippen molar-refractivity contribution in [3.63, 3.8) is 0 Å². The van der Waals surface area contributed by atoms with Gasteiger partial charge in [0.2, 0.25) is 5.91 Å². The summed E-state index contributed by atoms with van der Waals surface area (Å²) in [6.45, 7) is 2.49. The molecule has 0 spiro atoms. The largest absolute Gasteiger partial charge is 0.353 e. The summed E-state index contributed by atoms with van der Waals surface area (Å²) in [4.78, 5) is 12.4. The Hall–Kier alpha value is -1.06. The van der Waals surface area contributed by atoms with Crippen molar-refractivity contribution in [2.24, 2.45) is 11.7 Å². The molecule has 1 fully saturated rings. The Balaban J connectivity index is 0.00000220. The van der Waals surface area contributed by atoms with Gasteiger partial charge in [-0.25, -0.2) is 0 Å². The van der Waals surface area contributed by atoms with Gasteiger partial charge >= 0.3 is 0 Å². The van der Waals surface area contributed by atoms with Crippen molar-refractivity contribution >= 4 is 18.3 Å². The predicted octanol–water partition coefficient (Wildman–Crippen LogP) is 3.24. The molecule has 4 heteroatoms. The van der Waals surface area contributed by atoms with E-state index in [4.69, 9.17) is 5.73 Å². The van der Waals surface area contributed by atoms with Crippen LogP contribution in [0.25, 0.3) is 0 Å². The lowest BCUT2D eigenvalue weighted by molar-refractivity contribution is -0.123. The molecule has 1 saturated carbocycles. The summed E-state index contributed by atoms with van der Waals surface area (Å²) in [6.07, 6.45) is 6.40. The molecular formula is C17H27ClN2O. The summed E-state index contributed by atoms with van der Waals surface area (Å²) < 4.78 is 0. The van der Waals surface area contributed by atoms with Crippen LogP contribution in [0.1, 0.15) is 50.5 Å². The molecule has 0 aromatic heterocycles. The van der Waals surface area contributed by atoms with E-state index in [1.165, 1.54) is 32.1 Å². The first-order chi connectivity index (χ1) is 9.72. The lowest BCUT2D eigenvalue weighted by atomic mass is 9.84. The number of amides is 1. The first-order valence-corrected chi connectivity index (χ1v) is 7.77. The monoisotopic (exact) mass is 310 g/mol. The molecule has 21 heavy (non-hydrogen) atoms. The van der Waals surface area contributed by atoms with Gasteiger partial charge in [0, 0.05) is 12.6 Å². The number of nitrogens with one attached hydrogen (secondary N) is 1. The molecule has 3 N–H and O–H groups in total. The summed E-state index contributed by atoms with van der Waals surface area (Å²) in [6, 6.07) is 10.1. The molecule has 1 aliphatic rings. The van der Waals surface area contributed by atoms with E-state index in [1.54, 1.807) is 0 Å². The minimum atomic E-state index is -0.234. The number of nitrogens with two attached hydrogens (primary N) is 1. The van der Waals surface area contributed by atoms with Crippen LogP contribution in [0.3, 0.4) is 0 Å². The minimum Gasteiger partial charge on any atom is -0.353 e. The van der Waals surface area contributed by atoms with Crippen molar-refractivity contribution in [1.29, 1.82) is 0 Å². The first kappa shape index (κ1) is 18.0. The third-order valence-electron chi connectivity index (χ3n) is 4.48. The van der Waals surface area contributed by atoms with Crippen LogP contribution in [0.4, 0.5) is 0 Å². The summed E-state index contributed by atoms with van der Waals surface area (Å²) >= 11 is 0. The number of halogens is 1. The Morgan fingerprint density at radius 3 is 2.43 bits per heavy atom. The van der Waals surface area contributed by atoms with E-state index in [0.29, 0.717) is 12.5 Å². The molecule has 2 rings (SSSR count). The Kier molecular flexibility index (Phi) is 7.76. The van der Waals surface area contributed by atoms with E-state index in [0.717, 1.165) is 5.56 Å². The number of rotatable bonds is 5. The van der Waals surface area contributed by atoms with E-state index in [9.17, 15) is 4.79 Å². The number of hydrogen-bond donors (Lipinski definition) is 2. The van der Waals surface area contributed by atoms with Crippen LogP contribution in [-0.4, -0.2) is 18.5 Å². The fourth-order valence-electron chi connectivity index (χ4n) is 3.16. The molecule has 2 atom stereocenters. The normalized spacial score (nSPS) is 18.4. The molecule has 0 saturated heterocycles. The van der Waals surface area contributed by atoms with E-state index in [2.05, 4.69) is 12.2 Å². The van der Waals surface area contributed by atoms with E-state index in [1.807, 2.05) is 30.3 Å². The van der Waals surface area contributed by atoms with Gasteiger partial charge in [-0.15, -0.1) is 12.4 Å².